The maximum atomic E-state index is 13.8. The Hall–Kier alpha value is -4.99. The summed E-state index contributed by atoms with van der Waals surface area (Å²) in [6.45, 7) is 2.62. The van der Waals surface area contributed by atoms with Crippen molar-refractivity contribution >= 4 is 34.1 Å². The number of fused-ring (bicyclic) bond motifs is 1. The number of piperazine rings is 1. The molecule has 0 saturated carbocycles. The number of rotatable bonds is 5. The predicted octanol–water partition coefficient (Wildman–Crippen LogP) is 4.10. The summed E-state index contributed by atoms with van der Waals surface area (Å²) in [5.74, 6) is 0.0782. The molecule has 1 fully saturated rings. The van der Waals surface area contributed by atoms with Gasteiger partial charge in [-0.25, -0.2) is 14.4 Å². The smallest absolute Gasteiger partial charge is 0.254 e. The zero-order valence-corrected chi connectivity index (χ0v) is 20.3. The molecule has 2 aromatic carbocycles. The zero-order chi connectivity index (χ0) is 26.1. The monoisotopic (exact) mass is 509 g/mol. The van der Waals surface area contributed by atoms with E-state index in [1.807, 2.05) is 35.4 Å². The number of pyridine rings is 1. The van der Waals surface area contributed by atoms with Crippen LogP contribution in [0.3, 0.4) is 0 Å². The second-order valence-corrected chi connectivity index (χ2v) is 9.06. The Bertz CT molecular complexity index is 1590. The van der Waals surface area contributed by atoms with Gasteiger partial charge in [-0.3, -0.25) is 4.79 Å². The maximum Gasteiger partial charge on any atom is 0.254 e. The molecular formula is C28H24FN7O2. The van der Waals surface area contributed by atoms with Crippen LogP contribution < -0.4 is 14.9 Å². The summed E-state index contributed by atoms with van der Waals surface area (Å²) in [6, 6.07) is 17.5. The van der Waals surface area contributed by atoms with Crippen LogP contribution in [0.15, 0.2) is 85.5 Å². The van der Waals surface area contributed by atoms with E-state index in [0.717, 1.165) is 27.8 Å². The van der Waals surface area contributed by atoms with Crippen LogP contribution in [-0.2, 0) is 0 Å². The first-order valence-corrected chi connectivity index (χ1v) is 12.2. The molecule has 1 aliphatic rings. The summed E-state index contributed by atoms with van der Waals surface area (Å²) in [7, 11) is 0. The fourth-order valence-corrected chi connectivity index (χ4v) is 4.66. The molecule has 2 N–H and O–H groups in total. The van der Waals surface area contributed by atoms with Gasteiger partial charge in [0.1, 0.15) is 5.82 Å². The molecule has 0 radical (unpaired) electrons. The Morgan fingerprint density at radius 2 is 1.76 bits per heavy atom. The van der Waals surface area contributed by atoms with Crippen LogP contribution in [0, 0.1) is 11.0 Å². The molecule has 0 spiro atoms. The number of nitrogens with zero attached hydrogens (tertiary/aromatic N) is 5. The predicted molar refractivity (Wildman–Crippen MR) is 143 cm³/mol. The van der Waals surface area contributed by atoms with E-state index >= 15 is 0 Å². The topological polar surface area (TPSA) is 104 Å². The molecule has 1 amide bonds. The quantitative estimate of drug-likeness (QED) is 0.273. The lowest BCUT2D eigenvalue weighted by molar-refractivity contribution is -0.605. The van der Waals surface area contributed by atoms with E-state index in [-0.39, 0.29) is 11.7 Å². The van der Waals surface area contributed by atoms with Crippen LogP contribution in [0.4, 0.5) is 21.7 Å². The SMILES string of the molecule is O=C(c1cc[n+]([O-])cc1)N1CCN(c2ccc(Nc3nccc(-c4c[nH]c5ccc(F)cc45)n3)cc2)CC1. The van der Waals surface area contributed by atoms with Gasteiger partial charge in [-0.05, 0) is 48.5 Å². The number of hydrogen-bond acceptors (Lipinski definition) is 6. The van der Waals surface area contributed by atoms with Crippen LogP contribution in [0.25, 0.3) is 22.2 Å². The lowest BCUT2D eigenvalue weighted by Crippen LogP contribution is -2.48. The molecule has 0 bridgehead atoms. The first-order valence-electron chi connectivity index (χ1n) is 12.2. The number of aromatic nitrogens is 4. The molecule has 9 nitrogen and oxygen atoms in total. The summed E-state index contributed by atoms with van der Waals surface area (Å²) in [4.78, 5) is 28.9. The van der Waals surface area contributed by atoms with Gasteiger partial charge in [0, 0.05) is 78.5 Å². The number of nitrogens with one attached hydrogen (secondary N) is 2. The van der Waals surface area contributed by atoms with E-state index in [2.05, 4.69) is 25.2 Å². The van der Waals surface area contributed by atoms with Crippen LogP contribution in [-0.4, -0.2) is 51.9 Å². The Labute approximate surface area is 217 Å². The van der Waals surface area contributed by atoms with E-state index in [1.54, 1.807) is 30.5 Å². The first-order chi connectivity index (χ1) is 18.5. The molecule has 3 aromatic heterocycles. The van der Waals surface area contributed by atoms with Crippen molar-refractivity contribution < 1.29 is 13.9 Å². The highest BCUT2D eigenvalue weighted by atomic mass is 19.1. The van der Waals surface area contributed by atoms with Crippen molar-refractivity contribution in [3.05, 3.63) is 102 Å². The minimum atomic E-state index is -0.298. The summed E-state index contributed by atoms with van der Waals surface area (Å²) < 4.78 is 14.5. The number of anilines is 3. The molecule has 10 heteroatoms. The lowest BCUT2D eigenvalue weighted by Gasteiger charge is -2.36. The van der Waals surface area contributed by atoms with Crippen LogP contribution in [0.1, 0.15) is 10.4 Å². The molecule has 0 atom stereocenters. The average molecular weight is 510 g/mol. The summed E-state index contributed by atoms with van der Waals surface area (Å²) in [5.41, 5.74) is 4.75. The van der Waals surface area contributed by atoms with Crippen molar-refractivity contribution in [2.24, 2.45) is 0 Å². The number of halogens is 1. The van der Waals surface area contributed by atoms with E-state index in [0.29, 0.717) is 48.1 Å². The highest BCUT2D eigenvalue weighted by molar-refractivity contribution is 5.95. The third-order valence-corrected chi connectivity index (χ3v) is 6.68. The number of hydrogen-bond donors (Lipinski definition) is 2. The fraction of sp³-hybridized carbons (Fsp3) is 0.143. The fourth-order valence-electron chi connectivity index (χ4n) is 4.66. The number of carbonyl (C=O) groups is 1. The van der Waals surface area contributed by atoms with Gasteiger partial charge in [0.15, 0.2) is 12.4 Å². The lowest BCUT2D eigenvalue weighted by atomic mass is 10.1. The summed E-state index contributed by atoms with van der Waals surface area (Å²) in [5, 5.41) is 15.2. The Morgan fingerprint density at radius 1 is 1.00 bits per heavy atom. The van der Waals surface area contributed by atoms with Gasteiger partial charge in [0.2, 0.25) is 5.95 Å². The molecule has 190 valence electrons. The Balaban J connectivity index is 1.10. The Morgan fingerprint density at radius 3 is 2.53 bits per heavy atom. The number of amides is 1. The molecule has 1 saturated heterocycles. The standard InChI is InChI=1S/C28H24FN7O2/c29-20-1-6-25-23(17-20)24(18-31-25)26-7-10-30-28(33-26)32-21-2-4-22(5-3-21)34-13-15-35(16-14-34)27(37)19-8-11-36(38)12-9-19/h1-12,17-18,31H,13-16H2,(H,30,32,33). The van der Waals surface area contributed by atoms with Crippen molar-refractivity contribution in [1.29, 1.82) is 0 Å². The Kier molecular flexibility index (Phi) is 6.04. The molecule has 6 rings (SSSR count). The summed E-state index contributed by atoms with van der Waals surface area (Å²) in [6.07, 6.45) is 6.17. The van der Waals surface area contributed by atoms with Gasteiger partial charge in [-0.1, -0.05) is 0 Å². The minimum Gasteiger partial charge on any atom is -0.619 e. The minimum absolute atomic E-state index is 0.0650. The second-order valence-electron chi connectivity index (χ2n) is 9.06. The van der Waals surface area contributed by atoms with Crippen molar-refractivity contribution in [3.8, 4) is 11.3 Å². The molecule has 0 aliphatic carbocycles. The van der Waals surface area contributed by atoms with E-state index in [9.17, 15) is 14.4 Å². The third-order valence-electron chi connectivity index (χ3n) is 6.68. The van der Waals surface area contributed by atoms with E-state index in [1.165, 1.54) is 24.5 Å². The van der Waals surface area contributed by atoms with Gasteiger partial charge in [0.25, 0.3) is 5.91 Å². The number of H-pyrrole nitrogens is 1. The highest BCUT2D eigenvalue weighted by Gasteiger charge is 2.22. The van der Waals surface area contributed by atoms with Crippen LogP contribution in [0.5, 0.6) is 0 Å². The van der Waals surface area contributed by atoms with Crippen LogP contribution in [0.2, 0.25) is 0 Å². The molecule has 1 aliphatic heterocycles. The van der Waals surface area contributed by atoms with Crippen LogP contribution >= 0.6 is 0 Å². The van der Waals surface area contributed by atoms with Gasteiger partial charge in [-0.15, -0.1) is 0 Å². The van der Waals surface area contributed by atoms with Crippen molar-refractivity contribution in [3.63, 3.8) is 0 Å². The van der Waals surface area contributed by atoms with Crippen molar-refractivity contribution in [2.45, 2.75) is 0 Å². The first kappa shape index (κ1) is 23.4. The molecule has 38 heavy (non-hydrogen) atoms. The van der Waals surface area contributed by atoms with E-state index < -0.39 is 0 Å². The average Bonchev–Trinajstić information content (AvgIpc) is 3.37. The van der Waals surface area contributed by atoms with Gasteiger partial charge >= 0.3 is 0 Å². The van der Waals surface area contributed by atoms with Crippen molar-refractivity contribution in [1.82, 2.24) is 19.9 Å². The molecule has 4 heterocycles. The number of aromatic amines is 1. The maximum absolute atomic E-state index is 13.8. The van der Waals surface area contributed by atoms with Gasteiger partial charge in [-0.2, -0.15) is 4.73 Å². The molecular weight excluding hydrogens is 485 g/mol. The number of carbonyl (C=O) groups excluding carboxylic acids is 1. The van der Waals surface area contributed by atoms with E-state index in [4.69, 9.17) is 0 Å². The normalized spacial score (nSPS) is 13.6. The second kappa shape index (κ2) is 9.81. The molecule has 0 unspecified atom stereocenters. The van der Waals surface area contributed by atoms with Gasteiger partial charge < -0.3 is 25.3 Å². The van der Waals surface area contributed by atoms with Gasteiger partial charge in [0.05, 0.1) is 11.3 Å². The molecule has 5 aromatic rings. The number of benzene rings is 2. The van der Waals surface area contributed by atoms with Crippen molar-refractivity contribution in [2.75, 3.05) is 36.4 Å². The highest BCUT2D eigenvalue weighted by Crippen LogP contribution is 2.29. The summed E-state index contributed by atoms with van der Waals surface area (Å²) >= 11 is 0. The largest absolute Gasteiger partial charge is 0.619 e. The zero-order valence-electron chi connectivity index (χ0n) is 20.3. The third kappa shape index (κ3) is 4.71.